The number of nitrogens with one attached hydrogen (secondary N) is 1. The first kappa shape index (κ1) is 15.2. The summed E-state index contributed by atoms with van der Waals surface area (Å²) in [4.78, 5) is 13.4. The van der Waals surface area contributed by atoms with Crippen LogP contribution in [0, 0.1) is 11.3 Å². The lowest BCUT2D eigenvalue weighted by atomic mass is 9.93. The van der Waals surface area contributed by atoms with Crippen molar-refractivity contribution in [1.29, 1.82) is 5.26 Å². The van der Waals surface area contributed by atoms with Crippen LogP contribution in [0.15, 0.2) is 12.4 Å². The standard InChI is InChI=1S/C16H24N6/c1-21-8-10-22(11-9-21)16(4-2-3-5-16)13-20-15-14(12-17)18-6-7-19-15/h6-7H,2-5,8-11,13H2,1H3,(H,19,20). The predicted molar refractivity (Wildman–Crippen MR) is 85.5 cm³/mol. The maximum absolute atomic E-state index is 9.14. The lowest BCUT2D eigenvalue weighted by Crippen LogP contribution is -2.58. The van der Waals surface area contributed by atoms with Crippen LogP contribution in [-0.2, 0) is 0 Å². The third-order valence-corrected chi connectivity index (χ3v) is 5.10. The molecule has 22 heavy (non-hydrogen) atoms. The van der Waals surface area contributed by atoms with Gasteiger partial charge in [0.05, 0.1) is 0 Å². The van der Waals surface area contributed by atoms with Crippen molar-refractivity contribution < 1.29 is 0 Å². The molecule has 0 spiro atoms. The predicted octanol–water partition coefficient (Wildman–Crippen LogP) is 1.32. The zero-order valence-electron chi connectivity index (χ0n) is 13.3. The molecular formula is C16H24N6. The van der Waals surface area contributed by atoms with Gasteiger partial charge < -0.3 is 10.2 Å². The minimum absolute atomic E-state index is 0.214. The molecule has 6 heteroatoms. The number of rotatable bonds is 4. The molecule has 0 unspecified atom stereocenters. The fourth-order valence-corrected chi connectivity index (χ4v) is 3.72. The molecule has 1 saturated carbocycles. The van der Waals surface area contributed by atoms with Crippen molar-refractivity contribution in [2.75, 3.05) is 45.1 Å². The van der Waals surface area contributed by atoms with Crippen molar-refractivity contribution in [2.24, 2.45) is 0 Å². The number of piperazine rings is 1. The monoisotopic (exact) mass is 300 g/mol. The van der Waals surface area contributed by atoms with Crippen molar-refractivity contribution in [3.63, 3.8) is 0 Å². The lowest BCUT2D eigenvalue weighted by Gasteiger charge is -2.45. The van der Waals surface area contributed by atoms with Crippen molar-refractivity contribution >= 4 is 5.82 Å². The zero-order valence-corrected chi connectivity index (χ0v) is 13.3. The molecular weight excluding hydrogens is 276 g/mol. The van der Waals surface area contributed by atoms with E-state index in [9.17, 15) is 0 Å². The van der Waals surface area contributed by atoms with E-state index in [4.69, 9.17) is 5.26 Å². The van der Waals surface area contributed by atoms with Crippen LogP contribution in [0.5, 0.6) is 0 Å². The molecule has 0 bridgehead atoms. The van der Waals surface area contributed by atoms with Crippen LogP contribution in [0.3, 0.4) is 0 Å². The number of nitriles is 1. The van der Waals surface area contributed by atoms with Crippen LogP contribution < -0.4 is 5.32 Å². The fraction of sp³-hybridized carbons (Fsp3) is 0.688. The van der Waals surface area contributed by atoms with Gasteiger partial charge in [0.1, 0.15) is 6.07 Å². The number of anilines is 1. The Morgan fingerprint density at radius 1 is 1.18 bits per heavy atom. The van der Waals surface area contributed by atoms with Crippen LogP contribution in [-0.4, -0.2) is 65.1 Å². The summed E-state index contributed by atoms with van der Waals surface area (Å²) in [5, 5.41) is 12.5. The first-order chi connectivity index (χ1) is 10.7. The molecule has 0 amide bonds. The highest BCUT2D eigenvalue weighted by Crippen LogP contribution is 2.36. The molecule has 1 saturated heterocycles. The number of hydrogen-bond acceptors (Lipinski definition) is 6. The molecule has 1 aliphatic carbocycles. The summed E-state index contributed by atoms with van der Waals surface area (Å²) in [6.07, 6.45) is 8.24. The van der Waals surface area contributed by atoms with E-state index in [0.29, 0.717) is 11.5 Å². The molecule has 2 fully saturated rings. The second kappa shape index (κ2) is 6.59. The van der Waals surface area contributed by atoms with Crippen molar-refractivity contribution in [3.05, 3.63) is 18.1 Å². The molecule has 2 aliphatic rings. The van der Waals surface area contributed by atoms with E-state index in [2.05, 4.69) is 38.2 Å². The maximum atomic E-state index is 9.14. The van der Waals surface area contributed by atoms with Gasteiger partial charge >= 0.3 is 0 Å². The summed E-state index contributed by atoms with van der Waals surface area (Å²) in [5.41, 5.74) is 0.597. The van der Waals surface area contributed by atoms with Crippen molar-refractivity contribution in [2.45, 2.75) is 31.2 Å². The van der Waals surface area contributed by atoms with E-state index in [1.165, 1.54) is 25.7 Å². The Kier molecular flexibility index (Phi) is 4.55. The van der Waals surface area contributed by atoms with E-state index in [-0.39, 0.29) is 5.54 Å². The second-order valence-corrected chi connectivity index (χ2v) is 6.44. The van der Waals surface area contributed by atoms with Gasteiger partial charge in [0, 0.05) is 50.7 Å². The molecule has 6 nitrogen and oxygen atoms in total. The third-order valence-electron chi connectivity index (χ3n) is 5.10. The average Bonchev–Trinajstić information content (AvgIpc) is 3.04. The second-order valence-electron chi connectivity index (χ2n) is 6.44. The molecule has 1 N–H and O–H groups in total. The molecule has 118 valence electrons. The minimum Gasteiger partial charge on any atom is -0.366 e. The lowest BCUT2D eigenvalue weighted by molar-refractivity contribution is 0.0510. The Labute approximate surface area is 132 Å². The Hall–Kier alpha value is -1.71. The average molecular weight is 300 g/mol. The van der Waals surface area contributed by atoms with Gasteiger partial charge in [0.25, 0.3) is 0 Å². The summed E-state index contributed by atoms with van der Waals surface area (Å²) in [7, 11) is 2.19. The number of aromatic nitrogens is 2. The van der Waals surface area contributed by atoms with Crippen LogP contribution in [0.25, 0.3) is 0 Å². The maximum Gasteiger partial charge on any atom is 0.182 e. The highest BCUT2D eigenvalue weighted by Gasteiger charge is 2.40. The van der Waals surface area contributed by atoms with Crippen LogP contribution >= 0.6 is 0 Å². The Morgan fingerprint density at radius 2 is 1.86 bits per heavy atom. The van der Waals surface area contributed by atoms with Crippen molar-refractivity contribution in [1.82, 2.24) is 19.8 Å². The van der Waals surface area contributed by atoms with Gasteiger partial charge in [-0.25, -0.2) is 9.97 Å². The van der Waals surface area contributed by atoms with Gasteiger partial charge in [-0.2, -0.15) is 5.26 Å². The molecule has 2 heterocycles. The van der Waals surface area contributed by atoms with E-state index in [0.717, 1.165) is 32.7 Å². The van der Waals surface area contributed by atoms with Gasteiger partial charge in [-0.15, -0.1) is 0 Å². The Bertz CT molecular complexity index is 538. The quantitative estimate of drug-likeness (QED) is 0.904. The SMILES string of the molecule is CN1CCN(C2(CNc3nccnc3C#N)CCCC2)CC1. The van der Waals surface area contributed by atoms with E-state index in [1.807, 2.05) is 0 Å². The summed E-state index contributed by atoms with van der Waals surface area (Å²) in [6, 6.07) is 2.11. The molecule has 3 rings (SSSR count). The van der Waals surface area contributed by atoms with Crippen LogP contribution in [0.4, 0.5) is 5.82 Å². The number of likely N-dealkylation sites (N-methyl/N-ethyl adjacent to an activating group) is 1. The Balaban J connectivity index is 1.71. The topological polar surface area (TPSA) is 68.1 Å². The summed E-state index contributed by atoms with van der Waals surface area (Å²) in [6.45, 7) is 5.38. The highest BCUT2D eigenvalue weighted by molar-refractivity contribution is 5.47. The molecule has 1 aromatic rings. The number of nitrogens with zero attached hydrogens (tertiary/aromatic N) is 5. The minimum atomic E-state index is 0.214. The zero-order chi connectivity index (χ0) is 15.4. The molecule has 0 aromatic carbocycles. The van der Waals surface area contributed by atoms with Gasteiger partial charge in [0.15, 0.2) is 11.5 Å². The van der Waals surface area contributed by atoms with E-state index in [1.54, 1.807) is 12.4 Å². The molecule has 1 aliphatic heterocycles. The van der Waals surface area contributed by atoms with Crippen molar-refractivity contribution in [3.8, 4) is 6.07 Å². The summed E-state index contributed by atoms with van der Waals surface area (Å²) >= 11 is 0. The van der Waals surface area contributed by atoms with E-state index < -0.39 is 0 Å². The van der Waals surface area contributed by atoms with Gasteiger partial charge in [-0.1, -0.05) is 12.8 Å². The number of hydrogen-bond donors (Lipinski definition) is 1. The first-order valence-corrected chi connectivity index (χ1v) is 8.12. The fourth-order valence-electron chi connectivity index (χ4n) is 3.72. The van der Waals surface area contributed by atoms with Gasteiger partial charge in [0.2, 0.25) is 0 Å². The summed E-state index contributed by atoms with van der Waals surface area (Å²) < 4.78 is 0. The highest BCUT2D eigenvalue weighted by atomic mass is 15.3. The third kappa shape index (κ3) is 3.06. The van der Waals surface area contributed by atoms with Gasteiger partial charge in [-0.05, 0) is 19.9 Å². The smallest absolute Gasteiger partial charge is 0.182 e. The molecule has 0 radical (unpaired) electrons. The molecule has 0 atom stereocenters. The normalized spacial score (nSPS) is 22.4. The molecule has 1 aromatic heterocycles. The van der Waals surface area contributed by atoms with Gasteiger partial charge in [-0.3, -0.25) is 4.90 Å². The van der Waals surface area contributed by atoms with Crippen LogP contribution in [0.2, 0.25) is 0 Å². The summed E-state index contributed by atoms with van der Waals surface area (Å²) in [5.74, 6) is 0.616. The van der Waals surface area contributed by atoms with Crippen LogP contribution in [0.1, 0.15) is 31.4 Å². The Morgan fingerprint density at radius 3 is 2.55 bits per heavy atom. The van der Waals surface area contributed by atoms with E-state index >= 15 is 0 Å². The first-order valence-electron chi connectivity index (χ1n) is 8.12. The largest absolute Gasteiger partial charge is 0.366 e.